The van der Waals surface area contributed by atoms with E-state index >= 15 is 0 Å². The average molecular weight is 202 g/mol. The fraction of sp³-hybridized carbons (Fsp3) is 0.500. The summed E-state index contributed by atoms with van der Waals surface area (Å²) in [7, 11) is 1.48. The maximum absolute atomic E-state index is 2.31. The second-order valence-electron chi connectivity index (χ2n) is 2.20. The van der Waals surface area contributed by atoms with Crippen LogP contribution in [0.2, 0.25) is 0 Å². The molecule has 0 aromatic carbocycles. The third-order valence-electron chi connectivity index (χ3n) is 1.43. The van der Waals surface area contributed by atoms with E-state index in [-0.39, 0.29) is 0 Å². The van der Waals surface area contributed by atoms with E-state index in [0.29, 0.717) is 2.86 Å². The van der Waals surface area contributed by atoms with Gasteiger partial charge < -0.3 is 0 Å². The first-order chi connectivity index (χ1) is 3.63. The zero-order valence-corrected chi connectivity index (χ0v) is 8.45. The fourth-order valence-electron chi connectivity index (χ4n) is 0.562. The van der Waals surface area contributed by atoms with E-state index in [9.17, 15) is 0 Å². The molecule has 0 aliphatic carbocycles. The summed E-state index contributed by atoms with van der Waals surface area (Å²) in [6.07, 6.45) is 2.23. The van der Waals surface area contributed by atoms with Crippen LogP contribution in [-0.4, -0.2) is 8.66 Å². The molecule has 0 spiro atoms. The Kier molecular flexibility index (Phi) is 1.90. The van der Waals surface area contributed by atoms with E-state index in [4.69, 9.17) is 0 Å². The van der Waals surface area contributed by atoms with Crippen molar-refractivity contribution in [3.8, 4) is 0 Å². The van der Waals surface area contributed by atoms with Gasteiger partial charge in [-0.15, -0.1) is 0 Å². The van der Waals surface area contributed by atoms with Crippen molar-refractivity contribution >= 4 is 14.0 Å². The van der Waals surface area contributed by atoms with Crippen molar-refractivity contribution in [3.05, 3.63) is 11.6 Å². The van der Waals surface area contributed by atoms with Crippen molar-refractivity contribution < 1.29 is 24.7 Å². The van der Waals surface area contributed by atoms with Crippen molar-refractivity contribution in [1.82, 2.24) is 0 Å². The van der Waals surface area contributed by atoms with Crippen LogP contribution in [0.25, 0.3) is 0 Å². The molecule has 1 aliphatic rings. The zero-order valence-electron chi connectivity index (χ0n) is 5.10. The Morgan fingerprint density at radius 2 is 2.38 bits per heavy atom. The van der Waals surface area contributed by atoms with Gasteiger partial charge in [-0.2, -0.15) is 0 Å². The van der Waals surface area contributed by atoms with Gasteiger partial charge in [-0.3, -0.25) is 0 Å². The third kappa shape index (κ3) is 1.20. The molecule has 0 bridgehead atoms. The molecule has 0 nitrogen and oxygen atoms in total. The Hall–Kier alpha value is 0.793. The third-order valence-corrected chi connectivity index (χ3v) is 4.51. The van der Waals surface area contributed by atoms with E-state index in [2.05, 4.69) is 25.7 Å². The number of allylic oxidation sites excluding steroid dienone is 2. The normalized spacial score (nSPS) is 37.4. The molecule has 1 atom stereocenters. The molecule has 0 aromatic heterocycles. The van der Waals surface area contributed by atoms with Gasteiger partial charge in [0.05, 0.1) is 0 Å². The monoisotopic (exact) mass is 201 g/mol. The molecule has 8 heavy (non-hydrogen) atoms. The van der Waals surface area contributed by atoms with Gasteiger partial charge in [0.2, 0.25) is 0 Å². The second-order valence-corrected chi connectivity index (χ2v) is 7.14. The topological polar surface area (TPSA) is 0 Å². The molecule has 0 radical (unpaired) electrons. The number of rotatable bonds is 0. The van der Waals surface area contributed by atoms with Crippen LogP contribution in [0, 0.1) is 0 Å². The summed E-state index contributed by atoms with van der Waals surface area (Å²) in [6.45, 7) is 4.52. The minimum absolute atomic E-state index is 0.521. The summed E-state index contributed by atoms with van der Waals surface area (Å²) in [4.78, 5) is 0. The molecule has 0 aromatic rings. The fourth-order valence-corrected chi connectivity index (χ4v) is 2.19. The number of hydrogen-bond donors (Lipinski definition) is 0. The summed E-state index contributed by atoms with van der Waals surface area (Å²) < 4.78 is 0.521. The molecule has 1 rings (SSSR count). The molecule has 0 fully saturated rings. The van der Waals surface area contributed by atoms with Gasteiger partial charge in [-0.05, 0) is 0 Å². The predicted octanol–water partition coefficient (Wildman–Crippen LogP) is 1.96. The summed E-state index contributed by atoms with van der Waals surface area (Å²) >= 11 is 1.63. The van der Waals surface area contributed by atoms with E-state index in [1.54, 1.807) is 24.7 Å². The minimum atomic E-state index is 0.521. The van der Waals surface area contributed by atoms with E-state index in [1.165, 1.54) is 13.8 Å². The Bertz CT molecular complexity index is 156. The van der Waals surface area contributed by atoms with Crippen LogP contribution in [0.1, 0.15) is 13.8 Å². The SMILES string of the molecule is CC1=CC=P[C]1(C)[Zr]. The summed E-state index contributed by atoms with van der Waals surface area (Å²) in [6, 6.07) is 0. The summed E-state index contributed by atoms with van der Waals surface area (Å²) in [5.74, 6) is 2.24. The van der Waals surface area contributed by atoms with Gasteiger partial charge in [0.25, 0.3) is 0 Å². The summed E-state index contributed by atoms with van der Waals surface area (Å²) in [5, 5.41) is 0. The van der Waals surface area contributed by atoms with Crippen LogP contribution in [-0.2, 0) is 24.7 Å². The first kappa shape index (κ1) is 6.91. The molecule has 0 amide bonds. The molecule has 1 aliphatic heterocycles. The van der Waals surface area contributed by atoms with Crippen LogP contribution in [0.4, 0.5) is 0 Å². The molecule has 1 unspecified atom stereocenters. The standard InChI is InChI=1S/C6H8P.Zr/c1-5-3-4-7-6(5)2;/h3-4H,1-2H3;. The van der Waals surface area contributed by atoms with Crippen LogP contribution < -0.4 is 0 Å². The van der Waals surface area contributed by atoms with Crippen molar-refractivity contribution in [1.29, 1.82) is 0 Å². The van der Waals surface area contributed by atoms with Crippen LogP contribution in [0.3, 0.4) is 0 Å². The molecular weight excluding hydrogens is 194 g/mol. The second kappa shape index (κ2) is 2.20. The van der Waals surface area contributed by atoms with E-state index < -0.39 is 0 Å². The Balaban J connectivity index is 2.87. The summed E-state index contributed by atoms with van der Waals surface area (Å²) in [5.41, 5.74) is 1.54. The van der Waals surface area contributed by atoms with Crippen LogP contribution in [0.5, 0.6) is 0 Å². The first-order valence-electron chi connectivity index (χ1n) is 2.60. The molecule has 0 saturated heterocycles. The van der Waals surface area contributed by atoms with Crippen LogP contribution >= 0.6 is 8.20 Å². The molecule has 2 heteroatoms. The van der Waals surface area contributed by atoms with Crippen molar-refractivity contribution in [2.24, 2.45) is 0 Å². The Morgan fingerprint density at radius 1 is 1.75 bits per heavy atom. The van der Waals surface area contributed by atoms with Gasteiger partial charge in [0.1, 0.15) is 0 Å². The van der Waals surface area contributed by atoms with E-state index in [0.717, 1.165) is 0 Å². The van der Waals surface area contributed by atoms with Crippen molar-refractivity contribution in [2.75, 3.05) is 0 Å². The van der Waals surface area contributed by atoms with Gasteiger partial charge in [0.15, 0.2) is 0 Å². The molecular formula is C6H8PZr. The Morgan fingerprint density at radius 3 is 2.50 bits per heavy atom. The van der Waals surface area contributed by atoms with Crippen molar-refractivity contribution in [3.63, 3.8) is 0 Å². The van der Waals surface area contributed by atoms with Crippen LogP contribution in [0.15, 0.2) is 11.6 Å². The zero-order chi connectivity index (χ0) is 6.20. The quantitative estimate of drug-likeness (QED) is 0.527. The predicted molar refractivity (Wildman–Crippen MR) is 35.1 cm³/mol. The number of hydrogen-bond acceptors (Lipinski definition) is 0. The molecule has 1 heterocycles. The van der Waals surface area contributed by atoms with Gasteiger partial charge in [-0.1, -0.05) is 0 Å². The van der Waals surface area contributed by atoms with Crippen molar-refractivity contribution in [2.45, 2.75) is 16.7 Å². The van der Waals surface area contributed by atoms with Gasteiger partial charge in [-0.25, -0.2) is 0 Å². The van der Waals surface area contributed by atoms with E-state index in [1.807, 2.05) is 0 Å². The molecule has 0 N–H and O–H groups in total. The van der Waals surface area contributed by atoms with Gasteiger partial charge in [0, 0.05) is 0 Å². The van der Waals surface area contributed by atoms with Gasteiger partial charge >= 0.3 is 67.1 Å². The maximum atomic E-state index is 2.31. The average Bonchev–Trinajstić information content (AvgIpc) is 1.86. The molecule has 0 saturated carbocycles. The Labute approximate surface area is 67.0 Å². The first-order valence-corrected chi connectivity index (χ1v) is 4.80. The molecule has 41 valence electrons.